The van der Waals surface area contributed by atoms with E-state index >= 15 is 0 Å². The van der Waals surface area contributed by atoms with Crippen LogP contribution in [0.25, 0.3) is 0 Å². The number of carboxylic acid groups (broad SMARTS) is 1. The Kier molecular flexibility index (Phi) is 4.13. The van der Waals surface area contributed by atoms with Crippen LogP contribution in [0, 0.1) is 5.92 Å². The van der Waals surface area contributed by atoms with Gasteiger partial charge in [0.2, 0.25) is 5.91 Å². The number of benzene rings is 1. The summed E-state index contributed by atoms with van der Waals surface area (Å²) in [6.45, 7) is 3.42. The minimum atomic E-state index is -1.10. The van der Waals surface area contributed by atoms with Gasteiger partial charge >= 0.3 is 5.97 Å². The number of aliphatic carboxylic acids is 1. The molecule has 92 valence electrons. The number of hydrogen-bond donors (Lipinski definition) is 2. The molecule has 4 heteroatoms. The molecule has 1 aromatic rings. The average Bonchev–Trinajstić information content (AvgIpc) is 2.35. The van der Waals surface area contributed by atoms with E-state index in [-0.39, 0.29) is 5.92 Å². The first kappa shape index (κ1) is 11.6. The molecule has 0 aromatic heterocycles. The second-order valence-electron chi connectivity index (χ2n) is 4.12. The van der Waals surface area contributed by atoms with Crippen LogP contribution in [0.5, 0.6) is 0 Å². The summed E-state index contributed by atoms with van der Waals surface area (Å²) in [5.41, 5.74) is 0.544. The Balaban J connectivity index is 2.73. The molecule has 2 atom stereocenters. The molecule has 1 unspecified atom stereocenters. The highest BCUT2D eigenvalue weighted by atomic mass is 16.4. The van der Waals surface area contributed by atoms with Crippen molar-refractivity contribution in [2.75, 3.05) is 0 Å². The summed E-state index contributed by atoms with van der Waals surface area (Å²) in [5, 5.41) is 11.4. The first-order valence-corrected chi connectivity index (χ1v) is 5.44. The molecular formula is C13H17NO3. The number of amides is 1. The largest absolute Gasteiger partial charge is 0.480 e. The maximum Gasteiger partial charge on any atom is 0.326 e. The molecule has 2 N–H and O–H groups in total. The molecule has 0 spiro atoms. The van der Waals surface area contributed by atoms with Gasteiger partial charge in [-0.1, -0.05) is 44.2 Å². The minimum absolute atomic E-state index is 0.227. The quantitative estimate of drug-likeness (QED) is 0.813. The summed E-state index contributed by atoms with van der Waals surface area (Å²) >= 11 is 0. The van der Waals surface area contributed by atoms with E-state index in [2.05, 4.69) is 5.32 Å². The van der Waals surface area contributed by atoms with Gasteiger partial charge in [0.25, 0.3) is 0 Å². The van der Waals surface area contributed by atoms with Crippen molar-refractivity contribution >= 4 is 11.9 Å². The summed E-state index contributed by atoms with van der Waals surface area (Å²) in [4.78, 5) is 22.8. The lowest BCUT2D eigenvalue weighted by molar-refractivity contribution is -0.143. The summed E-state index contributed by atoms with van der Waals surface area (Å²) in [7, 11) is 0. The van der Waals surface area contributed by atoms with Crippen LogP contribution in [-0.4, -0.2) is 23.0 Å². The third-order valence-corrected chi connectivity index (χ3v) is 2.33. The molecule has 17 heavy (non-hydrogen) atoms. The van der Waals surface area contributed by atoms with Crippen molar-refractivity contribution in [3.63, 3.8) is 0 Å². The molecule has 1 amide bonds. The minimum Gasteiger partial charge on any atom is -0.480 e. The number of nitrogens with one attached hydrogen (secondary N) is 1. The lowest BCUT2D eigenvalue weighted by Crippen LogP contribution is -2.44. The molecule has 0 bridgehead atoms. The number of carboxylic acids is 1. The zero-order valence-electron chi connectivity index (χ0n) is 10.9. The summed E-state index contributed by atoms with van der Waals surface area (Å²) < 4.78 is 7.79. The lowest BCUT2D eigenvalue weighted by Gasteiger charge is -2.17. The third-order valence-electron chi connectivity index (χ3n) is 2.33. The van der Waals surface area contributed by atoms with Crippen LogP contribution in [0.3, 0.4) is 0 Å². The zero-order chi connectivity index (χ0) is 13.7. The van der Waals surface area contributed by atoms with Gasteiger partial charge in [0.05, 0.1) is 6.40 Å². The molecule has 0 aliphatic rings. The Bertz CT molecular complexity index is 420. The van der Waals surface area contributed by atoms with Crippen molar-refractivity contribution < 1.29 is 16.1 Å². The van der Waals surface area contributed by atoms with Crippen LogP contribution in [0.1, 0.15) is 20.8 Å². The first-order chi connectivity index (χ1) is 8.43. The van der Waals surface area contributed by atoms with Crippen molar-refractivity contribution in [3.8, 4) is 0 Å². The monoisotopic (exact) mass is 236 g/mol. The fourth-order valence-corrected chi connectivity index (χ4v) is 1.41. The van der Waals surface area contributed by atoms with Crippen LogP contribution < -0.4 is 5.32 Å². The number of carbonyl (C=O) groups is 2. The topological polar surface area (TPSA) is 66.4 Å². The Morgan fingerprint density at radius 2 is 1.94 bits per heavy atom. The molecule has 0 aliphatic heterocycles. The summed E-state index contributed by atoms with van der Waals surface area (Å²) in [6, 6.07) is 7.64. The molecular weight excluding hydrogens is 218 g/mol. The number of hydrogen-bond acceptors (Lipinski definition) is 2. The second kappa shape index (κ2) is 6.03. The van der Waals surface area contributed by atoms with Crippen molar-refractivity contribution in [1.82, 2.24) is 5.32 Å². The normalized spacial score (nSPS) is 14.9. The van der Waals surface area contributed by atoms with E-state index in [1.807, 2.05) is 0 Å². The van der Waals surface area contributed by atoms with Gasteiger partial charge in [-0.25, -0.2) is 4.79 Å². The lowest BCUT2D eigenvalue weighted by atomic mass is 10.0. The Labute approximate surface area is 102 Å². The van der Waals surface area contributed by atoms with Crippen molar-refractivity contribution in [2.24, 2.45) is 5.92 Å². The average molecular weight is 236 g/mol. The van der Waals surface area contributed by atoms with Crippen LogP contribution in [0.15, 0.2) is 30.3 Å². The molecule has 0 saturated carbocycles. The highest BCUT2D eigenvalue weighted by molar-refractivity contribution is 5.84. The Morgan fingerprint density at radius 3 is 2.41 bits per heavy atom. The van der Waals surface area contributed by atoms with Gasteiger partial charge in [-0.15, -0.1) is 0 Å². The molecule has 0 fully saturated rings. The Morgan fingerprint density at radius 1 is 1.35 bits per heavy atom. The first-order valence-electron chi connectivity index (χ1n) is 6.01. The van der Waals surface area contributed by atoms with Gasteiger partial charge in [0.1, 0.15) is 6.04 Å². The molecule has 0 saturated heterocycles. The predicted molar refractivity (Wildman–Crippen MR) is 64.6 cm³/mol. The van der Waals surface area contributed by atoms with Gasteiger partial charge in [-0.05, 0) is 11.5 Å². The highest BCUT2D eigenvalue weighted by Gasteiger charge is 2.23. The third kappa shape index (κ3) is 4.26. The van der Waals surface area contributed by atoms with Crippen molar-refractivity contribution in [2.45, 2.75) is 26.3 Å². The molecule has 0 heterocycles. The maximum absolute atomic E-state index is 11.8. The fourth-order valence-electron chi connectivity index (χ4n) is 1.41. The summed E-state index contributed by atoms with van der Waals surface area (Å²) in [5.74, 6) is -1.91. The molecule has 1 aromatic carbocycles. The Hall–Kier alpha value is -1.84. The van der Waals surface area contributed by atoms with Crippen molar-refractivity contribution in [3.05, 3.63) is 35.9 Å². The molecule has 0 radical (unpaired) electrons. The van der Waals surface area contributed by atoms with Gasteiger partial charge in [0.15, 0.2) is 0 Å². The van der Waals surface area contributed by atoms with Gasteiger partial charge in [0, 0.05) is 1.37 Å². The maximum atomic E-state index is 11.8. The standard InChI is InChI=1S/C13H17NO3/c1-9(2)12(13(16)17)14-11(15)8-10-6-4-3-5-7-10/h3-7,9,12H,8H2,1-2H3,(H,14,15)(H,16,17)/t12-/m0/s1/i8D/t8?,12-. The van der Waals surface area contributed by atoms with E-state index in [0.717, 1.165) is 0 Å². The zero-order valence-corrected chi connectivity index (χ0v) is 9.88. The van der Waals surface area contributed by atoms with E-state index in [4.69, 9.17) is 6.48 Å². The number of carbonyl (C=O) groups excluding carboxylic acids is 1. The van der Waals surface area contributed by atoms with Crippen LogP contribution in [0.4, 0.5) is 0 Å². The molecule has 1 rings (SSSR count). The number of rotatable bonds is 5. The van der Waals surface area contributed by atoms with E-state index in [1.54, 1.807) is 44.2 Å². The predicted octanol–water partition coefficient (Wildman–Crippen LogP) is 1.45. The van der Waals surface area contributed by atoms with Crippen LogP contribution >= 0.6 is 0 Å². The smallest absolute Gasteiger partial charge is 0.326 e. The highest BCUT2D eigenvalue weighted by Crippen LogP contribution is 2.04. The van der Waals surface area contributed by atoms with Crippen LogP contribution in [-0.2, 0) is 16.0 Å². The summed E-state index contributed by atoms with van der Waals surface area (Å²) in [6.07, 6.45) is -1.10. The van der Waals surface area contributed by atoms with Crippen molar-refractivity contribution in [1.29, 1.82) is 0 Å². The SMILES string of the molecule is [2H]C(C(=O)N[C@H](C(=O)O)C(C)C)c1ccccc1. The molecule has 4 nitrogen and oxygen atoms in total. The van der Waals surface area contributed by atoms with E-state index < -0.39 is 24.3 Å². The van der Waals surface area contributed by atoms with Gasteiger partial charge in [-0.3, -0.25) is 4.79 Å². The second-order valence-corrected chi connectivity index (χ2v) is 4.12. The fraction of sp³-hybridized carbons (Fsp3) is 0.385. The van der Waals surface area contributed by atoms with Crippen LogP contribution in [0.2, 0.25) is 0 Å². The van der Waals surface area contributed by atoms with Gasteiger partial charge < -0.3 is 10.4 Å². The molecule has 0 aliphatic carbocycles. The van der Waals surface area contributed by atoms with Gasteiger partial charge in [-0.2, -0.15) is 0 Å². The van der Waals surface area contributed by atoms with E-state index in [1.165, 1.54) is 0 Å². The van der Waals surface area contributed by atoms with E-state index in [0.29, 0.717) is 5.56 Å². The van der Waals surface area contributed by atoms with E-state index in [9.17, 15) is 9.59 Å².